The Morgan fingerprint density at radius 2 is 1.73 bits per heavy atom. The van der Waals surface area contributed by atoms with E-state index in [4.69, 9.17) is 16.6 Å². The molecule has 1 saturated heterocycles. The van der Waals surface area contributed by atoms with E-state index in [0.717, 1.165) is 48.3 Å². The van der Waals surface area contributed by atoms with E-state index < -0.39 is 4.92 Å². The lowest BCUT2D eigenvalue weighted by molar-refractivity contribution is -0.384. The number of anilines is 1. The number of furan rings is 1. The van der Waals surface area contributed by atoms with Gasteiger partial charge in [0.2, 0.25) is 0 Å². The van der Waals surface area contributed by atoms with Crippen LogP contribution in [0.1, 0.15) is 29.1 Å². The summed E-state index contributed by atoms with van der Waals surface area (Å²) in [5.41, 5.74) is 3.98. The monoisotopic (exact) mass is 642 g/mol. The fourth-order valence-corrected chi connectivity index (χ4v) is 6.70. The highest BCUT2D eigenvalue weighted by molar-refractivity contribution is 9.10. The molecule has 41 heavy (non-hydrogen) atoms. The molecule has 1 fully saturated rings. The summed E-state index contributed by atoms with van der Waals surface area (Å²) in [4.78, 5) is 19.2. The number of hydrogen-bond donors (Lipinski definition) is 1. The number of thiocarbonyl (C=S) groups is 1. The summed E-state index contributed by atoms with van der Waals surface area (Å²) in [6.07, 6.45) is 1.78. The number of benzene rings is 3. The van der Waals surface area contributed by atoms with E-state index in [0.29, 0.717) is 5.11 Å². The molecule has 2 aromatic heterocycles. The van der Waals surface area contributed by atoms with Gasteiger partial charge in [-0.1, -0.05) is 39.8 Å². The molecule has 2 unspecified atom stereocenters. The molecule has 1 aliphatic rings. The summed E-state index contributed by atoms with van der Waals surface area (Å²) in [5.74, 6) is 1.53. The van der Waals surface area contributed by atoms with Crippen molar-refractivity contribution in [2.45, 2.75) is 28.8 Å². The maximum Gasteiger partial charge on any atom is 0.269 e. The van der Waals surface area contributed by atoms with Gasteiger partial charge in [-0.2, -0.15) is 0 Å². The van der Waals surface area contributed by atoms with Gasteiger partial charge in [-0.25, -0.2) is 0 Å². The minimum Gasteiger partial charge on any atom is -0.459 e. The predicted octanol–water partition coefficient (Wildman–Crippen LogP) is 8.65. The molecule has 5 aromatic rings. The second-order valence-electron chi connectivity index (χ2n) is 9.53. The Morgan fingerprint density at radius 1 is 1.00 bits per heavy atom. The topological polar surface area (TPSA) is 84.4 Å². The van der Waals surface area contributed by atoms with Crippen molar-refractivity contribution < 1.29 is 9.34 Å². The Kier molecular flexibility index (Phi) is 7.61. The molecular formula is C31H23BrN4O3S2. The molecule has 3 aromatic carbocycles. The fraction of sp³-hybridized carbons (Fsp3) is 0.0968. The largest absolute Gasteiger partial charge is 0.459 e. The first-order valence-corrected chi connectivity index (χ1v) is 14.8. The van der Waals surface area contributed by atoms with Crippen LogP contribution in [0.25, 0.3) is 11.3 Å². The summed E-state index contributed by atoms with van der Waals surface area (Å²) >= 11 is 11.1. The first-order chi connectivity index (χ1) is 19.9. The Bertz CT molecular complexity index is 1730. The summed E-state index contributed by atoms with van der Waals surface area (Å²) in [6, 6.07) is 30.2. The van der Waals surface area contributed by atoms with Gasteiger partial charge in [0.05, 0.1) is 16.7 Å². The highest BCUT2D eigenvalue weighted by atomic mass is 79.9. The highest BCUT2D eigenvalue weighted by Crippen LogP contribution is 2.44. The quantitative estimate of drug-likeness (QED) is 0.107. The molecule has 7 nitrogen and oxygen atoms in total. The number of aromatic nitrogens is 1. The Morgan fingerprint density at radius 3 is 2.39 bits per heavy atom. The number of nitro benzene ring substituents is 1. The van der Waals surface area contributed by atoms with E-state index in [1.165, 1.54) is 23.9 Å². The van der Waals surface area contributed by atoms with E-state index in [9.17, 15) is 10.1 Å². The lowest BCUT2D eigenvalue weighted by Crippen LogP contribution is -2.29. The van der Waals surface area contributed by atoms with E-state index in [-0.39, 0.29) is 17.8 Å². The molecule has 0 bridgehead atoms. The minimum atomic E-state index is -0.396. The van der Waals surface area contributed by atoms with Crippen LogP contribution in [0.4, 0.5) is 11.4 Å². The predicted molar refractivity (Wildman–Crippen MR) is 168 cm³/mol. The molecule has 0 aliphatic carbocycles. The summed E-state index contributed by atoms with van der Waals surface area (Å²) in [5, 5.41) is 15.0. The minimum absolute atomic E-state index is 0.0732. The van der Waals surface area contributed by atoms with Crippen LogP contribution in [0.15, 0.2) is 122 Å². The number of nitrogens with one attached hydrogen (secondary N) is 1. The summed E-state index contributed by atoms with van der Waals surface area (Å²) in [6.45, 7) is 2.05. The number of nitro groups is 1. The zero-order valence-corrected chi connectivity index (χ0v) is 24.9. The smallest absolute Gasteiger partial charge is 0.269 e. The number of pyridine rings is 1. The molecule has 0 spiro atoms. The van der Waals surface area contributed by atoms with Gasteiger partial charge in [-0.15, -0.1) is 0 Å². The molecular weight excluding hydrogens is 620 g/mol. The third-order valence-electron chi connectivity index (χ3n) is 6.80. The molecule has 1 aliphatic heterocycles. The van der Waals surface area contributed by atoms with Gasteiger partial charge in [-0.05, 0) is 97.5 Å². The van der Waals surface area contributed by atoms with Crippen LogP contribution in [0.3, 0.4) is 0 Å². The van der Waals surface area contributed by atoms with Crippen molar-refractivity contribution in [2.75, 3.05) is 4.90 Å². The molecule has 0 saturated carbocycles. The van der Waals surface area contributed by atoms with Crippen LogP contribution in [0, 0.1) is 17.0 Å². The molecule has 3 heterocycles. The van der Waals surface area contributed by atoms with Crippen LogP contribution in [-0.2, 0) is 0 Å². The number of non-ortho nitro benzene ring substituents is 1. The summed E-state index contributed by atoms with van der Waals surface area (Å²) in [7, 11) is 0. The zero-order chi connectivity index (χ0) is 28.5. The van der Waals surface area contributed by atoms with Crippen molar-refractivity contribution in [3.63, 3.8) is 0 Å². The van der Waals surface area contributed by atoms with Crippen molar-refractivity contribution >= 4 is 56.4 Å². The van der Waals surface area contributed by atoms with Crippen LogP contribution in [0.2, 0.25) is 0 Å². The van der Waals surface area contributed by atoms with Gasteiger partial charge >= 0.3 is 0 Å². The second kappa shape index (κ2) is 11.5. The number of halogens is 1. The number of aryl methyl sites for hydroxylation is 1. The van der Waals surface area contributed by atoms with Crippen LogP contribution in [0.5, 0.6) is 0 Å². The van der Waals surface area contributed by atoms with Crippen molar-refractivity contribution in [1.82, 2.24) is 10.3 Å². The van der Waals surface area contributed by atoms with Crippen molar-refractivity contribution in [3.8, 4) is 11.3 Å². The van der Waals surface area contributed by atoms with E-state index in [2.05, 4.69) is 56.3 Å². The number of hydrogen-bond acceptors (Lipinski definition) is 6. The van der Waals surface area contributed by atoms with Crippen LogP contribution < -0.4 is 10.2 Å². The zero-order valence-electron chi connectivity index (χ0n) is 21.7. The van der Waals surface area contributed by atoms with Gasteiger partial charge in [0.25, 0.3) is 5.69 Å². The molecule has 0 radical (unpaired) electrons. The van der Waals surface area contributed by atoms with E-state index in [1.807, 2.05) is 54.6 Å². The standard InChI is InChI=1S/C31H23BrN4O3S2/c1-19-5-14-24(25(32)18-19)27-15-16-28(39-27)30-29(26-4-2-3-17-33-26)34-31(40)35(30)20-6-10-22(11-7-20)41-23-12-8-21(9-13-23)36(37)38/h2-18,29-30H,1H3,(H,34,40). The highest BCUT2D eigenvalue weighted by Gasteiger charge is 2.42. The average Bonchev–Trinajstić information content (AvgIpc) is 3.59. The van der Waals surface area contributed by atoms with Crippen molar-refractivity contribution in [3.05, 3.63) is 135 Å². The lowest BCUT2D eigenvalue weighted by atomic mass is 10.0. The Balaban J connectivity index is 1.33. The first-order valence-electron chi connectivity index (χ1n) is 12.8. The Labute approximate surface area is 254 Å². The van der Waals surface area contributed by atoms with Gasteiger partial charge in [0.1, 0.15) is 17.6 Å². The van der Waals surface area contributed by atoms with E-state index in [1.54, 1.807) is 18.3 Å². The lowest BCUT2D eigenvalue weighted by Gasteiger charge is -2.26. The molecule has 1 N–H and O–H groups in total. The van der Waals surface area contributed by atoms with Crippen molar-refractivity contribution in [2.24, 2.45) is 0 Å². The van der Waals surface area contributed by atoms with Gasteiger partial charge in [0, 0.05) is 43.8 Å². The third kappa shape index (κ3) is 5.63. The number of nitrogens with zero attached hydrogens (tertiary/aromatic N) is 3. The average molecular weight is 644 g/mol. The molecule has 2 atom stereocenters. The first kappa shape index (κ1) is 27.2. The van der Waals surface area contributed by atoms with E-state index >= 15 is 0 Å². The maximum atomic E-state index is 11.0. The fourth-order valence-electron chi connectivity index (χ4n) is 4.85. The number of rotatable bonds is 7. The molecule has 0 amide bonds. The molecule has 204 valence electrons. The van der Waals surface area contributed by atoms with Crippen LogP contribution >= 0.6 is 39.9 Å². The second-order valence-corrected chi connectivity index (χ2v) is 11.9. The summed E-state index contributed by atoms with van der Waals surface area (Å²) < 4.78 is 7.47. The Hall–Kier alpha value is -3.99. The van der Waals surface area contributed by atoms with Crippen molar-refractivity contribution in [1.29, 1.82) is 0 Å². The van der Waals surface area contributed by atoms with Gasteiger partial charge in [0.15, 0.2) is 5.11 Å². The SMILES string of the molecule is Cc1ccc(-c2ccc(C3C(c4ccccn4)NC(=S)N3c3ccc(Sc4ccc([N+](=O)[O-])cc4)cc3)o2)c(Br)c1. The van der Waals surface area contributed by atoms with Gasteiger partial charge in [-0.3, -0.25) is 15.1 Å². The van der Waals surface area contributed by atoms with Crippen LogP contribution in [-0.4, -0.2) is 15.0 Å². The maximum absolute atomic E-state index is 11.0. The third-order valence-corrected chi connectivity index (χ3v) is 8.79. The normalized spacial score (nSPS) is 16.5. The van der Waals surface area contributed by atoms with Gasteiger partial charge < -0.3 is 14.6 Å². The molecule has 6 rings (SSSR count). The molecule has 10 heteroatoms.